The van der Waals surface area contributed by atoms with E-state index in [2.05, 4.69) is 29.8 Å². The van der Waals surface area contributed by atoms with Crippen LogP contribution in [0.1, 0.15) is 39.6 Å². The minimum Gasteiger partial charge on any atom is -1.00 e. The number of amides is 1. The average Bonchev–Trinajstić information content (AvgIpc) is 2.85. The molecule has 1 aromatic heterocycles. The molecule has 116 valence electrons. The second-order valence-electron chi connectivity index (χ2n) is 4.61. The summed E-state index contributed by atoms with van der Waals surface area (Å²) in [6.45, 7) is 9.48. The van der Waals surface area contributed by atoms with Gasteiger partial charge < -0.3 is 27.5 Å². The zero-order valence-electron chi connectivity index (χ0n) is 12.4. The lowest BCUT2D eigenvalue weighted by Crippen LogP contribution is -3.00. The van der Waals surface area contributed by atoms with Crippen LogP contribution in [0.5, 0.6) is 0 Å². The standard InChI is InChI=1S/C12H22N4O2S.ClH/c1-5-16(6-2)9(17)7-19-12-15-14-11(18-12)10(13)8(3)4;/h8,10H,5-7,13H2,1-4H3;1H/t10-;/m0./s1. The summed E-state index contributed by atoms with van der Waals surface area (Å²) >= 11 is 1.28. The zero-order chi connectivity index (χ0) is 14.4. The van der Waals surface area contributed by atoms with E-state index in [0.29, 0.717) is 22.8 Å². The van der Waals surface area contributed by atoms with Crippen molar-refractivity contribution in [1.82, 2.24) is 15.1 Å². The molecule has 0 radical (unpaired) electrons. The van der Waals surface area contributed by atoms with Gasteiger partial charge in [0.1, 0.15) is 0 Å². The van der Waals surface area contributed by atoms with Gasteiger partial charge in [-0.1, -0.05) is 25.6 Å². The minimum absolute atomic E-state index is 0. The van der Waals surface area contributed by atoms with Crippen molar-refractivity contribution in [2.75, 3.05) is 18.8 Å². The molecule has 0 aliphatic carbocycles. The van der Waals surface area contributed by atoms with Crippen LogP contribution < -0.4 is 18.1 Å². The highest BCUT2D eigenvalue weighted by molar-refractivity contribution is 7.99. The Labute approximate surface area is 130 Å². The molecular weight excluding hydrogens is 300 g/mol. The lowest BCUT2D eigenvalue weighted by molar-refractivity contribution is -0.443. The molecule has 0 spiro atoms. The van der Waals surface area contributed by atoms with E-state index in [0.717, 1.165) is 13.1 Å². The number of halogens is 1. The van der Waals surface area contributed by atoms with E-state index in [4.69, 9.17) is 4.42 Å². The van der Waals surface area contributed by atoms with Crippen LogP contribution in [0.15, 0.2) is 9.64 Å². The van der Waals surface area contributed by atoms with Gasteiger partial charge in [0.05, 0.1) is 5.75 Å². The number of carbonyl (C=O) groups is 1. The predicted octanol–water partition coefficient (Wildman–Crippen LogP) is -2.03. The molecule has 0 unspecified atom stereocenters. The Balaban J connectivity index is 0.00000361. The third-order valence-corrected chi connectivity index (χ3v) is 3.78. The van der Waals surface area contributed by atoms with Gasteiger partial charge in [0, 0.05) is 19.0 Å². The summed E-state index contributed by atoms with van der Waals surface area (Å²) in [4.78, 5) is 13.6. The summed E-state index contributed by atoms with van der Waals surface area (Å²) < 4.78 is 5.51. The number of hydrogen-bond acceptors (Lipinski definition) is 5. The summed E-state index contributed by atoms with van der Waals surface area (Å²) in [6.07, 6.45) is 0. The molecule has 1 amide bonds. The fourth-order valence-corrected chi connectivity index (χ4v) is 2.18. The van der Waals surface area contributed by atoms with Crippen molar-refractivity contribution < 1.29 is 27.4 Å². The molecule has 3 N–H and O–H groups in total. The third kappa shape index (κ3) is 5.30. The van der Waals surface area contributed by atoms with Crippen LogP contribution in [-0.4, -0.2) is 39.8 Å². The van der Waals surface area contributed by atoms with Crippen LogP contribution in [0.2, 0.25) is 0 Å². The van der Waals surface area contributed by atoms with Gasteiger partial charge in [-0.15, -0.1) is 10.2 Å². The zero-order valence-corrected chi connectivity index (χ0v) is 14.0. The van der Waals surface area contributed by atoms with Crippen LogP contribution in [0, 0.1) is 5.92 Å². The summed E-state index contributed by atoms with van der Waals surface area (Å²) in [5.74, 6) is 1.29. The second-order valence-corrected chi connectivity index (χ2v) is 5.54. The predicted molar refractivity (Wildman–Crippen MR) is 73.4 cm³/mol. The molecule has 20 heavy (non-hydrogen) atoms. The number of quaternary nitrogens is 1. The van der Waals surface area contributed by atoms with Crippen molar-refractivity contribution in [3.05, 3.63) is 5.89 Å². The quantitative estimate of drug-likeness (QED) is 0.585. The number of nitrogens with zero attached hydrogens (tertiary/aromatic N) is 3. The maximum atomic E-state index is 11.8. The third-order valence-electron chi connectivity index (χ3n) is 2.98. The van der Waals surface area contributed by atoms with Gasteiger partial charge in [0.15, 0.2) is 6.04 Å². The molecule has 0 fully saturated rings. The SMILES string of the molecule is CCN(CC)C(=O)CSc1nnc([C@@H]([NH3+])C(C)C)o1.[Cl-]. The first-order valence-corrected chi connectivity index (χ1v) is 7.55. The highest BCUT2D eigenvalue weighted by atomic mass is 35.5. The number of thioether (sulfide) groups is 1. The highest BCUT2D eigenvalue weighted by Gasteiger charge is 2.22. The van der Waals surface area contributed by atoms with Gasteiger partial charge in [-0.2, -0.15) is 0 Å². The fraction of sp³-hybridized carbons (Fsp3) is 0.750. The lowest BCUT2D eigenvalue weighted by Gasteiger charge is -2.17. The molecule has 6 nitrogen and oxygen atoms in total. The second kappa shape index (κ2) is 9.20. The Morgan fingerprint density at radius 1 is 1.35 bits per heavy atom. The van der Waals surface area contributed by atoms with Crippen LogP contribution in [0.3, 0.4) is 0 Å². The highest BCUT2D eigenvalue weighted by Crippen LogP contribution is 2.21. The number of hydrogen-bond donors (Lipinski definition) is 1. The smallest absolute Gasteiger partial charge is 0.277 e. The minimum atomic E-state index is -0.0136. The van der Waals surface area contributed by atoms with Gasteiger partial charge in [-0.25, -0.2) is 0 Å². The first-order valence-electron chi connectivity index (χ1n) is 6.56. The normalized spacial score (nSPS) is 12.1. The summed E-state index contributed by atoms with van der Waals surface area (Å²) in [6, 6.07) is -0.0136. The van der Waals surface area contributed by atoms with Crippen LogP contribution >= 0.6 is 11.8 Å². The van der Waals surface area contributed by atoms with Crippen molar-refractivity contribution in [3.8, 4) is 0 Å². The van der Waals surface area contributed by atoms with Crippen molar-refractivity contribution in [2.45, 2.75) is 39.0 Å². The number of aromatic nitrogens is 2. The maximum Gasteiger partial charge on any atom is 0.277 e. The van der Waals surface area contributed by atoms with Crippen molar-refractivity contribution >= 4 is 17.7 Å². The van der Waals surface area contributed by atoms with Crippen LogP contribution in [0.4, 0.5) is 0 Å². The summed E-state index contributed by atoms with van der Waals surface area (Å²) in [7, 11) is 0. The molecule has 1 heterocycles. The first kappa shape index (κ1) is 19.2. The summed E-state index contributed by atoms with van der Waals surface area (Å²) in [5.41, 5.74) is 3.99. The first-order chi connectivity index (χ1) is 8.99. The Hall–Kier alpha value is -0.790. The van der Waals surface area contributed by atoms with E-state index in [9.17, 15) is 4.79 Å². The Bertz CT molecular complexity index is 410. The molecule has 0 aliphatic rings. The van der Waals surface area contributed by atoms with E-state index >= 15 is 0 Å². The van der Waals surface area contributed by atoms with Crippen molar-refractivity contribution in [3.63, 3.8) is 0 Å². The molecule has 8 heteroatoms. The van der Waals surface area contributed by atoms with Gasteiger partial charge >= 0.3 is 0 Å². The summed E-state index contributed by atoms with van der Waals surface area (Å²) in [5, 5.41) is 8.35. The maximum absolute atomic E-state index is 11.8. The average molecular weight is 323 g/mol. The lowest BCUT2D eigenvalue weighted by atomic mass is 10.1. The van der Waals surface area contributed by atoms with Gasteiger partial charge in [0.2, 0.25) is 5.91 Å². The molecular formula is C12H23ClN4O2S. The fourth-order valence-electron chi connectivity index (χ4n) is 1.50. The van der Waals surface area contributed by atoms with E-state index in [1.807, 2.05) is 13.8 Å². The molecule has 0 saturated heterocycles. The monoisotopic (exact) mass is 322 g/mol. The largest absolute Gasteiger partial charge is 1.00 e. The topological polar surface area (TPSA) is 86.9 Å². The number of rotatable bonds is 7. The molecule has 1 aromatic rings. The molecule has 0 saturated carbocycles. The van der Waals surface area contributed by atoms with E-state index in [1.54, 1.807) is 4.90 Å². The Morgan fingerprint density at radius 2 is 1.95 bits per heavy atom. The molecule has 0 bridgehead atoms. The van der Waals surface area contributed by atoms with Gasteiger partial charge in [0.25, 0.3) is 11.1 Å². The number of carbonyl (C=O) groups excluding carboxylic acids is 1. The van der Waals surface area contributed by atoms with Gasteiger partial charge in [-0.05, 0) is 13.8 Å². The van der Waals surface area contributed by atoms with E-state index < -0.39 is 0 Å². The van der Waals surface area contributed by atoms with Crippen molar-refractivity contribution in [1.29, 1.82) is 0 Å². The molecule has 1 rings (SSSR count). The van der Waals surface area contributed by atoms with E-state index in [-0.39, 0.29) is 24.4 Å². The molecule has 0 aliphatic heterocycles. The Kier molecular flexibility index (Phi) is 8.84. The molecule has 1 atom stereocenters. The van der Waals surface area contributed by atoms with Crippen LogP contribution in [0.25, 0.3) is 0 Å². The Morgan fingerprint density at radius 3 is 2.45 bits per heavy atom. The van der Waals surface area contributed by atoms with Crippen molar-refractivity contribution in [2.24, 2.45) is 5.92 Å². The molecule has 0 aromatic carbocycles. The van der Waals surface area contributed by atoms with E-state index in [1.165, 1.54) is 11.8 Å². The van der Waals surface area contributed by atoms with Gasteiger partial charge in [-0.3, -0.25) is 4.79 Å². The van der Waals surface area contributed by atoms with Crippen LogP contribution in [-0.2, 0) is 4.79 Å².